The summed E-state index contributed by atoms with van der Waals surface area (Å²) < 4.78 is 5.42. The zero-order chi connectivity index (χ0) is 13.8. The average Bonchev–Trinajstić information content (AvgIpc) is 2.76. The standard InChI is InChI=1S/C13H20N4OS/c1-5-18-7-8(2)15-11-10-6-9(3)19-12(10)17-13(14-4)16-11/h6,8H,5,7H2,1-4H3,(H2,14,15,16,17). The molecule has 19 heavy (non-hydrogen) atoms. The first-order valence-corrected chi connectivity index (χ1v) is 7.26. The molecule has 2 heterocycles. The number of thiophene rings is 1. The van der Waals surface area contributed by atoms with Crippen LogP contribution in [0, 0.1) is 6.92 Å². The Bertz CT molecular complexity index is 555. The molecule has 0 fully saturated rings. The van der Waals surface area contributed by atoms with Gasteiger partial charge in [-0.2, -0.15) is 4.98 Å². The van der Waals surface area contributed by atoms with Crippen LogP contribution in [0.15, 0.2) is 6.07 Å². The molecular weight excluding hydrogens is 260 g/mol. The summed E-state index contributed by atoms with van der Waals surface area (Å²) in [4.78, 5) is 11.2. The van der Waals surface area contributed by atoms with Crippen LogP contribution in [0.1, 0.15) is 18.7 Å². The van der Waals surface area contributed by atoms with E-state index in [-0.39, 0.29) is 6.04 Å². The summed E-state index contributed by atoms with van der Waals surface area (Å²) in [6, 6.07) is 2.33. The molecule has 2 aromatic rings. The summed E-state index contributed by atoms with van der Waals surface area (Å²) in [5.41, 5.74) is 0. The first kappa shape index (κ1) is 14.0. The van der Waals surface area contributed by atoms with Gasteiger partial charge in [-0.3, -0.25) is 0 Å². The van der Waals surface area contributed by atoms with Crippen LogP contribution in [-0.4, -0.2) is 36.3 Å². The lowest BCUT2D eigenvalue weighted by atomic mass is 10.3. The molecule has 0 aromatic carbocycles. The highest BCUT2D eigenvalue weighted by Crippen LogP contribution is 2.29. The van der Waals surface area contributed by atoms with Crippen molar-refractivity contribution in [2.45, 2.75) is 26.8 Å². The number of aryl methyl sites for hydroxylation is 1. The molecule has 104 valence electrons. The SMILES string of the molecule is CCOCC(C)Nc1nc(NC)nc2sc(C)cc12. The third-order valence-electron chi connectivity index (χ3n) is 2.69. The van der Waals surface area contributed by atoms with Crippen molar-refractivity contribution in [3.63, 3.8) is 0 Å². The van der Waals surface area contributed by atoms with E-state index in [1.807, 2.05) is 14.0 Å². The molecule has 0 aliphatic rings. The van der Waals surface area contributed by atoms with Crippen molar-refractivity contribution < 1.29 is 4.74 Å². The van der Waals surface area contributed by atoms with Crippen molar-refractivity contribution in [1.82, 2.24) is 9.97 Å². The largest absolute Gasteiger partial charge is 0.380 e. The number of aromatic nitrogens is 2. The van der Waals surface area contributed by atoms with Crippen LogP contribution in [0.5, 0.6) is 0 Å². The van der Waals surface area contributed by atoms with Crippen LogP contribution in [-0.2, 0) is 4.74 Å². The van der Waals surface area contributed by atoms with E-state index in [4.69, 9.17) is 4.74 Å². The zero-order valence-electron chi connectivity index (χ0n) is 11.8. The molecule has 0 amide bonds. The van der Waals surface area contributed by atoms with Gasteiger partial charge in [0.2, 0.25) is 5.95 Å². The molecule has 1 atom stereocenters. The number of hydrogen-bond acceptors (Lipinski definition) is 6. The van der Waals surface area contributed by atoms with E-state index < -0.39 is 0 Å². The molecule has 0 saturated heterocycles. The summed E-state index contributed by atoms with van der Waals surface area (Å²) in [7, 11) is 1.83. The highest BCUT2D eigenvalue weighted by atomic mass is 32.1. The van der Waals surface area contributed by atoms with Crippen molar-refractivity contribution in [3.8, 4) is 0 Å². The number of rotatable bonds is 6. The molecular formula is C13H20N4OS. The first-order chi connectivity index (χ1) is 9.13. The monoisotopic (exact) mass is 280 g/mol. The van der Waals surface area contributed by atoms with E-state index in [1.165, 1.54) is 4.88 Å². The number of anilines is 2. The van der Waals surface area contributed by atoms with Gasteiger partial charge < -0.3 is 15.4 Å². The number of ether oxygens (including phenoxy) is 1. The van der Waals surface area contributed by atoms with Crippen molar-refractivity contribution in [1.29, 1.82) is 0 Å². The highest BCUT2D eigenvalue weighted by Gasteiger charge is 2.12. The van der Waals surface area contributed by atoms with Gasteiger partial charge in [0, 0.05) is 24.6 Å². The lowest BCUT2D eigenvalue weighted by Gasteiger charge is -2.15. The predicted octanol–water partition coefficient (Wildman–Crippen LogP) is 2.88. The molecule has 2 rings (SSSR count). The molecule has 0 radical (unpaired) electrons. The molecule has 0 spiro atoms. The summed E-state index contributed by atoms with van der Waals surface area (Å²) in [5, 5.41) is 7.47. The van der Waals surface area contributed by atoms with Crippen LogP contribution < -0.4 is 10.6 Å². The smallest absolute Gasteiger partial charge is 0.225 e. The Kier molecular flexibility index (Phi) is 4.55. The predicted molar refractivity (Wildman–Crippen MR) is 81.3 cm³/mol. The maximum Gasteiger partial charge on any atom is 0.225 e. The van der Waals surface area contributed by atoms with Gasteiger partial charge in [-0.05, 0) is 26.8 Å². The van der Waals surface area contributed by atoms with E-state index in [9.17, 15) is 0 Å². The second kappa shape index (κ2) is 6.16. The molecule has 6 heteroatoms. The Balaban J connectivity index is 2.29. The van der Waals surface area contributed by atoms with Crippen LogP contribution in [0.2, 0.25) is 0 Å². The minimum absolute atomic E-state index is 0.211. The molecule has 2 N–H and O–H groups in total. The number of nitrogens with one attached hydrogen (secondary N) is 2. The van der Waals surface area contributed by atoms with Gasteiger partial charge in [0.15, 0.2) is 0 Å². The van der Waals surface area contributed by atoms with E-state index in [1.54, 1.807) is 11.3 Å². The molecule has 0 saturated carbocycles. The third-order valence-corrected chi connectivity index (χ3v) is 3.64. The fourth-order valence-corrected chi connectivity index (χ4v) is 2.71. The average molecular weight is 280 g/mol. The Morgan fingerprint density at radius 2 is 2.21 bits per heavy atom. The lowest BCUT2D eigenvalue weighted by molar-refractivity contribution is 0.141. The van der Waals surface area contributed by atoms with E-state index in [0.29, 0.717) is 12.6 Å². The van der Waals surface area contributed by atoms with E-state index in [2.05, 4.69) is 40.5 Å². The van der Waals surface area contributed by atoms with Crippen molar-refractivity contribution in [2.75, 3.05) is 30.9 Å². The fourth-order valence-electron chi connectivity index (χ4n) is 1.83. The minimum atomic E-state index is 0.211. The van der Waals surface area contributed by atoms with Crippen molar-refractivity contribution >= 4 is 33.3 Å². The zero-order valence-corrected chi connectivity index (χ0v) is 12.6. The summed E-state index contributed by atoms with van der Waals surface area (Å²) >= 11 is 1.68. The van der Waals surface area contributed by atoms with Crippen LogP contribution in [0.25, 0.3) is 10.2 Å². The van der Waals surface area contributed by atoms with Crippen LogP contribution in [0.3, 0.4) is 0 Å². The number of hydrogen-bond donors (Lipinski definition) is 2. The molecule has 0 aliphatic heterocycles. The second-order valence-corrected chi connectivity index (χ2v) is 5.66. The topological polar surface area (TPSA) is 59.1 Å². The highest BCUT2D eigenvalue weighted by molar-refractivity contribution is 7.18. The second-order valence-electron chi connectivity index (χ2n) is 4.43. The molecule has 5 nitrogen and oxygen atoms in total. The molecule has 1 unspecified atom stereocenters. The maximum absolute atomic E-state index is 5.42. The Labute approximate surface area is 117 Å². The number of fused-ring (bicyclic) bond motifs is 1. The molecule has 0 bridgehead atoms. The van der Waals surface area contributed by atoms with Gasteiger partial charge >= 0.3 is 0 Å². The van der Waals surface area contributed by atoms with Gasteiger partial charge in [0.05, 0.1) is 12.0 Å². The third kappa shape index (κ3) is 3.33. The Morgan fingerprint density at radius 3 is 2.89 bits per heavy atom. The van der Waals surface area contributed by atoms with Crippen molar-refractivity contribution in [3.05, 3.63) is 10.9 Å². The lowest BCUT2D eigenvalue weighted by Crippen LogP contribution is -2.22. The minimum Gasteiger partial charge on any atom is -0.380 e. The van der Waals surface area contributed by atoms with Gasteiger partial charge in [-0.1, -0.05) is 0 Å². The van der Waals surface area contributed by atoms with Crippen LogP contribution in [0.4, 0.5) is 11.8 Å². The first-order valence-electron chi connectivity index (χ1n) is 6.44. The van der Waals surface area contributed by atoms with Gasteiger partial charge in [0.25, 0.3) is 0 Å². The van der Waals surface area contributed by atoms with E-state index >= 15 is 0 Å². The number of nitrogens with zero attached hydrogens (tertiary/aromatic N) is 2. The van der Waals surface area contributed by atoms with Gasteiger partial charge in [0.1, 0.15) is 10.6 Å². The Hall–Kier alpha value is -1.40. The van der Waals surface area contributed by atoms with Gasteiger partial charge in [-0.25, -0.2) is 4.98 Å². The normalized spacial score (nSPS) is 12.6. The quantitative estimate of drug-likeness (QED) is 0.852. The fraction of sp³-hybridized carbons (Fsp3) is 0.538. The maximum atomic E-state index is 5.42. The summed E-state index contributed by atoms with van der Waals surface area (Å²) in [6.07, 6.45) is 0. The Morgan fingerprint density at radius 1 is 1.42 bits per heavy atom. The van der Waals surface area contributed by atoms with Crippen LogP contribution >= 0.6 is 11.3 Å². The summed E-state index contributed by atoms with van der Waals surface area (Å²) in [6.45, 7) is 7.56. The molecule has 0 aliphatic carbocycles. The van der Waals surface area contributed by atoms with Gasteiger partial charge in [-0.15, -0.1) is 11.3 Å². The summed E-state index contributed by atoms with van der Waals surface area (Å²) in [5.74, 6) is 1.51. The van der Waals surface area contributed by atoms with Crippen molar-refractivity contribution in [2.24, 2.45) is 0 Å². The van der Waals surface area contributed by atoms with E-state index in [0.717, 1.165) is 22.6 Å². The molecule has 2 aromatic heterocycles.